The molecule has 0 aliphatic carbocycles. The number of hydrogen-bond acceptors (Lipinski definition) is 7. The summed E-state index contributed by atoms with van der Waals surface area (Å²) in [5.74, 6) is 1.13. The van der Waals surface area contributed by atoms with E-state index in [1.54, 1.807) is 11.0 Å². The topological polar surface area (TPSA) is 106 Å². The Balaban J connectivity index is 1.36. The molecule has 2 aliphatic rings. The zero-order valence-corrected chi connectivity index (χ0v) is 23.5. The fourth-order valence-corrected chi connectivity index (χ4v) is 5.27. The number of nitrogens with one attached hydrogen (secondary N) is 1. The SMILES string of the molecule is COc1cc(N)c(Cl)cc1C(=O)NCC1CCN(C(C)(COc2ccccc2)OC(=O)N2CCCCC2)CC1. The van der Waals surface area contributed by atoms with Crippen LogP contribution in [-0.2, 0) is 4.74 Å². The molecule has 1 unspecified atom stereocenters. The minimum atomic E-state index is -0.924. The molecule has 2 fully saturated rings. The number of nitrogens with two attached hydrogens (primary N) is 1. The summed E-state index contributed by atoms with van der Waals surface area (Å²) in [6.45, 7) is 5.52. The molecule has 0 radical (unpaired) electrons. The maximum Gasteiger partial charge on any atom is 0.411 e. The van der Waals surface area contributed by atoms with Gasteiger partial charge in [-0.25, -0.2) is 4.79 Å². The summed E-state index contributed by atoms with van der Waals surface area (Å²) >= 11 is 6.13. The minimum Gasteiger partial charge on any atom is -0.496 e. The molecule has 0 bridgehead atoms. The Morgan fingerprint density at radius 2 is 1.77 bits per heavy atom. The van der Waals surface area contributed by atoms with Gasteiger partial charge in [-0.15, -0.1) is 0 Å². The highest BCUT2D eigenvalue weighted by atomic mass is 35.5. The van der Waals surface area contributed by atoms with Gasteiger partial charge in [0.15, 0.2) is 5.72 Å². The number of para-hydroxylation sites is 1. The first-order valence-electron chi connectivity index (χ1n) is 13.6. The lowest BCUT2D eigenvalue weighted by atomic mass is 9.95. The van der Waals surface area contributed by atoms with Crippen LogP contribution in [0, 0.1) is 5.92 Å². The summed E-state index contributed by atoms with van der Waals surface area (Å²) in [7, 11) is 1.49. The number of anilines is 1. The first-order valence-corrected chi connectivity index (χ1v) is 14.0. The van der Waals surface area contributed by atoms with Gasteiger partial charge in [0.2, 0.25) is 0 Å². The van der Waals surface area contributed by atoms with Crippen molar-refractivity contribution in [1.82, 2.24) is 15.1 Å². The lowest BCUT2D eigenvalue weighted by molar-refractivity contribution is -0.140. The number of likely N-dealkylation sites (tertiary alicyclic amines) is 2. The van der Waals surface area contributed by atoms with E-state index in [0.717, 1.165) is 50.9 Å². The van der Waals surface area contributed by atoms with Gasteiger partial charge in [0.25, 0.3) is 5.91 Å². The summed E-state index contributed by atoms with van der Waals surface area (Å²) in [5.41, 5.74) is 5.63. The van der Waals surface area contributed by atoms with Crippen molar-refractivity contribution in [2.75, 3.05) is 52.2 Å². The summed E-state index contributed by atoms with van der Waals surface area (Å²) < 4.78 is 17.6. The van der Waals surface area contributed by atoms with E-state index < -0.39 is 5.72 Å². The lowest BCUT2D eigenvalue weighted by Crippen LogP contribution is -2.58. The van der Waals surface area contributed by atoms with Crippen LogP contribution in [0.25, 0.3) is 0 Å². The van der Waals surface area contributed by atoms with Crippen LogP contribution in [0.4, 0.5) is 10.5 Å². The maximum atomic E-state index is 13.1. The van der Waals surface area contributed by atoms with Crippen LogP contribution >= 0.6 is 11.6 Å². The van der Waals surface area contributed by atoms with Gasteiger partial charge in [0.1, 0.15) is 18.1 Å². The van der Waals surface area contributed by atoms with Crippen LogP contribution in [0.1, 0.15) is 49.4 Å². The summed E-state index contributed by atoms with van der Waals surface area (Å²) in [6, 6.07) is 12.6. The van der Waals surface area contributed by atoms with Crippen molar-refractivity contribution in [2.45, 2.75) is 44.8 Å². The maximum absolute atomic E-state index is 13.1. The number of carbonyl (C=O) groups excluding carboxylic acids is 2. The molecule has 2 heterocycles. The molecule has 2 aromatic carbocycles. The van der Waals surface area contributed by atoms with Crippen LogP contribution in [0.2, 0.25) is 5.02 Å². The number of carbonyl (C=O) groups is 2. The third kappa shape index (κ3) is 7.48. The summed E-state index contributed by atoms with van der Waals surface area (Å²) in [5, 5.41) is 3.32. The fourth-order valence-electron chi connectivity index (χ4n) is 5.11. The molecule has 212 valence electrons. The van der Waals surface area contributed by atoms with E-state index in [0.29, 0.717) is 41.7 Å². The van der Waals surface area contributed by atoms with Crippen molar-refractivity contribution in [3.05, 3.63) is 53.1 Å². The molecule has 0 aromatic heterocycles. The molecule has 4 rings (SSSR count). The Bertz CT molecular complexity index is 1120. The Labute approximate surface area is 235 Å². The minimum absolute atomic E-state index is 0.218. The first kappa shape index (κ1) is 28.8. The van der Waals surface area contributed by atoms with Gasteiger partial charge >= 0.3 is 6.09 Å². The highest BCUT2D eigenvalue weighted by Crippen LogP contribution is 2.30. The van der Waals surface area contributed by atoms with Crippen molar-refractivity contribution in [1.29, 1.82) is 0 Å². The van der Waals surface area contributed by atoms with Gasteiger partial charge in [-0.05, 0) is 63.1 Å². The lowest BCUT2D eigenvalue weighted by Gasteiger charge is -2.44. The van der Waals surface area contributed by atoms with Crippen LogP contribution in [0.15, 0.2) is 42.5 Å². The van der Waals surface area contributed by atoms with E-state index in [4.69, 9.17) is 31.5 Å². The molecule has 2 amide bonds. The summed E-state index contributed by atoms with van der Waals surface area (Å²) in [6.07, 6.45) is 4.51. The molecular weight excluding hydrogens is 520 g/mol. The normalized spacial score (nSPS) is 18.2. The average Bonchev–Trinajstić information content (AvgIpc) is 2.97. The number of halogens is 1. The Hall–Kier alpha value is -3.17. The van der Waals surface area contributed by atoms with E-state index in [9.17, 15) is 9.59 Å². The Morgan fingerprint density at radius 1 is 1.08 bits per heavy atom. The van der Waals surface area contributed by atoms with Crippen LogP contribution in [0.3, 0.4) is 0 Å². The predicted molar refractivity (Wildman–Crippen MR) is 151 cm³/mol. The van der Waals surface area contributed by atoms with E-state index in [2.05, 4.69) is 10.2 Å². The standard InChI is InChI=1S/C29H39ClN4O5/c1-29(20-38-22-9-5-3-6-10-22,39-28(36)33-13-7-4-8-14-33)34-15-11-21(12-16-34)19-32-27(35)23-17-24(30)25(31)18-26(23)37-2/h3,5-6,9-10,17-18,21H,4,7-8,11-16,19-20,31H2,1-2H3,(H,32,35). The van der Waals surface area contributed by atoms with Gasteiger partial charge in [-0.2, -0.15) is 0 Å². The highest BCUT2D eigenvalue weighted by molar-refractivity contribution is 6.33. The molecule has 1 atom stereocenters. The van der Waals surface area contributed by atoms with Gasteiger partial charge in [0, 0.05) is 38.8 Å². The number of ether oxygens (including phenoxy) is 3. The Kier molecular flexibility index (Phi) is 9.80. The van der Waals surface area contributed by atoms with Crippen LogP contribution < -0.4 is 20.5 Å². The van der Waals surface area contributed by atoms with Crippen molar-refractivity contribution in [3.63, 3.8) is 0 Å². The van der Waals surface area contributed by atoms with Crippen molar-refractivity contribution in [3.8, 4) is 11.5 Å². The molecule has 3 N–H and O–H groups in total. The van der Waals surface area contributed by atoms with Gasteiger partial charge in [-0.1, -0.05) is 29.8 Å². The molecule has 39 heavy (non-hydrogen) atoms. The molecule has 2 aromatic rings. The van der Waals surface area contributed by atoms with Crippen LogP contribution in [-0.4, -0.2) is 74.0 Å². The third-order valence-electron chi connectivity index (χ3n) is 7.57. The molecule has 0 spiro atoms. The largest absolute Gasteiger partial charge is 0.496 e. The van der Waals surface area contributed by atoms with Crippen LogP contribution in [0.5, 0.6) is 11.5 Å². The first-order chi connectivity index (χ1) is 18.8. The number of hydrogen-bond donors (Lipinski definition) is 2. The Morgan fingerprint density at radius 3 is 2.44 bits per heavy atom. The third-order valence-corrected chi connectivity index (χ3v) is 7.90. The van der Waals surface area contributed by atoms with Crippen molar-refractivity contribution >= 4 is 29.3 Å². The highest BCUT2D eigenvalue weighted by Gasteiger charge is 2.40. The average molecular weight is 559 g/mol. The van der Waals surface area contributed by atoms with Crippen molar-refractivity contribution in [2.24, 2.45) is 5.92 Å². The zero-order valence-electron chi connectivity index (χ0n) is 22.8. The molecule has 0 saturated carbocycles. The van der Waals surface area contributed by atoms with Crippen molar-refractivity contribution < 1.29 is 23.8 Å². The molecule has 10 heteroatoms. The number of benzene rings is 2. The van der Waals surface area contributed by atoms with E-state index >= 15 is 0 Å². The molecule has 2 aliphatic heterocycles. The number of amides is 2. The fraction of sp³-hybridized carbons (Fsp3) is 0.517. The predicted octanol–water partition coefficient (Wildman–Crippen LogP) is 4.79. The smallest absolute Gasteiger partial charge is 0.411 e. The summed E-state index contributed by atoms with van der Waals surface area (Å²) in [4.78, 5) is 29.9. The number of piperidine rings is 2. The van der Waals surface area contributed by atoms with Gasteiger partial charge < -0.3 is 30.2 Å². The second-order valence-corrected chi connectivity index (χ2v) is 10.8. The molecule has 9 nitrogen and oxygen atoms in total. The zero-order chi connectivity index (χ0) is 27.8. The second kappa shape index (κ2) is 13.3. The molecule has 2 saturated heterocycles. The second-order valence-electron chi connectivity index (χ2n) is 10.4. The van der Waals surface area contributed by atoms with E-state index in [1.807, 2.05) is 37.3 Å². The quantitative estimate of drug-likeness (QED) is 0.426. The van der Waals surface area contributed by atoms with E-state index in [-0.39, 0.29) is 24.5 Å². The number of nitrogen functional groups attached to an aromatic ring is 1. The van der Waals surface area contributed by atoms with E-state index in [1.165, 1.54) is 13.2 Å². The number of methoxy groups -OCH3 is 1. The molecular formula is C29H39ClN4O5. The van der Waals surface area contributed by atoms with Gasteiger partial charge in [0.05, 0.1) is 23.4 Å². The monoisotopic (exact) mass is 558 g/mol. The number of nitrogens with zero attached hydrogens (tertiary/aromatic N) is 2. The number of rotatable bonds is 9. The van der Waals surface area contributed by atoms with Gasteiger partial charge in [-0.3, -0.25) is 9.69 Å².